The molecule has 2 saturated heterocycles. The molecule has 158 valence electrons. The van der Waals surface area contributed by atoms with Crippen LogP contribution in [0, 0.1) is 5.92 Å². The van der Waals surface area contributed by atoms with E-state index in [0.717, 1.165) is 48.1 Å². The van der Waals surface area contributed by atoms with Gasteiger partial charge in [-0.15, -0.1) is 0 Å². The molecule has 1 aromatic rings. The van der Waals surface area contributed by atoms with Gasteiger partial charge < -0.3 is 9.72 Å². The Hall–Kier alpha value is -1.82. The van der Waals surface area contributed by atoms with Crippen LogP contribution in [0.3, 0.4) is 0 Å². The van der Waals surface area contributed by atoms with Gasteiger partial charge in [0.2, 0.25) is 0 Å². The van der Waals surface area contributed by atoms with Crippen LogP contribution in [0.2, 0.25) is 0 Å². The van der Waals surface area contributed by atoms with E-state index in [4.69, 9.17) is 4.74 Å². The van der Waals surface area contributed by atoms with Gasteiger partial charge in [-0.25, -0.2) is 9.78 Å². The average Bonchev–Trinajstić information content (AvgIpc) is 3.17. The fraction of sp³-hybridized carbons (Fsp3) is 0.565. The second-order valence-corrected chi connectivity index (χ2v) is 9.50. The molecule has 2 aliphatic heterocycles. The van der Waals surface area contributed by atoms with E-state index in [0.29, 0.717) is 5.92 Å². The van der Waals surface area contributed by atoms with Gasteiger partial charge >= 0.3 is 6.09 Å². The number of hydrogen-bond donors (Lipinski definition) is 1. The molecule has 1 N–H and O–H groups in total. The molecule has 6 heteroatoms. The Balaban J connectivity index is 1.83. The molecule has 0 aromatic carbocycles. The molecule has 3 heterocycles. The zero-order valence-electron chi connectivity index (χ0n) is 17.9. The van der Waals surface area contributed by atoms with E-state index in [9.17, 15) is 4.79 Å². The molecule has 1 aliphatic carbocycles. The van der Waals surface area contributed by atoms with Crippen LogP contribution in [0.1, 0.15) is 70.9 Å². The first kappa shape index (κ1) is 21.9. The lowest BCUT2D eigenvalue weighted by atomic mass is 9.74. The molecule has 1 aromatic heterocycles. The van der Waals surface area contributed by atoms with Crippen LogP contribution in [-0.4, -0.2) is 37.9 Å². The normalized spacial score (nSPS) is 24.9. The number of carbonyl (C=O) groups is 1. The molecular formula is C23H32BrN3O2. The number of alkyl halides is 1. The summed E-state index contributed by atoms with van der Waals surface area (Å²) in [5.41, 5.74) is 2.43. The van der Waals surface area contributed by atoms with Gasteiger partial charge in [0.15, 0.2) is 0 Å². The molecule has 4 rings (SSSR count). The van der Waals surface area contributed by atoms with E-state index in [1.807, 2.05) is 50.9 Å². The summed E-state index contributed by atoms with van der Waals surface area (Å²) in [6, 6.07) is 0.171. The number of nitrogens with one attached hydrogen (secondary N) is 1. The smallest absolute Gasteiger partial charge is 0.411 e. The highest BCUT2D eigenvalue weighted by Crippen LogP contribution is 2.47. The molecule has 0 radical (unpaired) electrons. The van der Waals surface area contributed by atoms with Crippen LogP contribution in [-0.2, 0) is 4.74 Å². The molecular weight excluding hydrogens is 430 g/mol. The molecule has 3 fully saturated rings. The summed E-state index contributed by atoms with van der Waals surface area (Å²) in [5, 5.41) is 0.803. The second-order valence-electron chi connectivity index (χ2n) is 8.94. The SMILES string of the molecule is C=C(/C=C\C(=C/C)CBr)c1cnc(C2C3CCC(CC3)N2C(=O)OC(C)(C)C)[nH]1. The minimum absolute atomic E-state index is 0.0588. The lowest BCUT2D eigenvalue weighted by molar-refractivity contribution is -0.0440. The number of fused-ring (bicyclic) bond motifs is 3. The van der Waals surface area contributed by atoms with Crippen molar-refractivity contribution in [3.63, 3.8) is 0 Å². The van der Waals surface area contributed by atoms with E-state index >= 15 is 0 Å². The van der Waals surface area contributed by atoms with Crippen molar-refractivity contribution < 1.29 is 9.53 Å². The Labute approximate surface area is 182 Å². The van der Waals surface area contributed by atoms with E-state index in [1.165, 1.54) is 5.57 Å². The van der Waals surface area contributed by atoms with Crippen LogP contribution in [0.4, 0.5) is 4.79 Å². The number of piperidine rings is 2. The topological polar surface area (TPSA) is 58.2 Å². The third kappa shape index (κ3) is 5.03. The Morgan fingerprint density at radius 2 is 2.03 bits per heavy atom. The maximum absolute atomic E-state index is 13.0. The lowest BCUT2D eigenvalue weighted by Gasteiger charge is -2.50. The van der Waals surface area contributed by atoms with E-state index in [-0.39, 0.29) is 18.2 Å². The van der Waals surface area contributed by atoms with Gasteiger partial charge in [0.25, 0.3) is 0 Å². The standard InChI is InChI=1S/C23H32BrN3O2/c1-6-16(13-24)8-7-15(2)19-14-25-21(26-19)20-17-9-11-18(12-10-17)27(20)22(28)29-23(3,4)5/h6-8,14,17-18,20H,2,9-13H2,1,3-5H3,(H,25,26)/b8-7-,16-6+. The van der Waals surface area contributed by atoms with Gasteiger partial charge in [-0.3, -0.25) is 4.90 Å². The molecule has 1 atom stereocenters. The van der Waals surface area contributed by atoms with Crippen molar-refractivity contribution in [2.24, 2.45) is 5.92 Å². The summed E-state index contributed by atoms with van der Waals surface area (Å²) in [5.74, 6) is 1.25. The number of allylic oxidation sites excluding steroid dienone is 5. The highest BCUT2D eigenvalue weighted by molar-refractivity contribution is 9.09. The quantitative estimate of drug-likeness (QED) is 0.421. The van der Waals surface area contributed by atoms with Gasteiger partial charge in [-0.05, 0) is 70.4 Å². The molecule has 29 heavy (non-hydrogen) atoms. The van der Waals surface area contributed by atoms with Crippen molar-refractivity contribution >= 4 is 27.6 Å². The molecule has 5 nitrogen and oxygen atoms in total. The predicted molar refractivity (Wildman–Crippen MR) is 121 cm³/mol. The fourth-order valence-electron chi connectivity index (χ4n) is 4.25. The summed E-state index contributed by atoms with van der Waals surface area (Å²) in [4.78, 5) is 23.0. The number of hydrogen-bond acceptors (Lipinski definition) is 3. The minimum Gasteiger partial charge on any atom is -0.444 e. The van der Waals surface area contributed by atoms with Gasteiger partial charge in [0.1, 0.15) is 11.4 Å². The van der Waals surface area contributed by atoms with Gasteiger partial charge in [0, 0.05) is 11.4 Å². The number of halogens is 1. The number of nitrogens with zero attached hydrogens (tertiary/aromatic N) is 2. The number of H-pyrrole nitrogens is 1. The van der Waals surface area contributed by atoms with Crippen LogP contribution < -0.4 is 0 Å². The van der Waals surface area contributed by atoms with Crippen LogP contribution >= 0.6 is 15.9 Å². The second kappa shape index (κ2) is 8.90. The molecule has 1 unspecified atom stereocenters. The van der Waals surface area contributed by atoms with Crippen molar-refractivity contribution in [3.05, 3.63) is 48.1 Å². The zero-order valence-corrected chi connectivity index (χ0v) is 19.5. The molecule has 2 bridgehead atoms. The predicted octanol–water partition coefficient (Wildman–Crippen LogP) is 6.17. The Bertz CT molecular complexity index is 810. The Morgan fingerprint density at radius 1 is 1.34 bits per heavy atom. The highest BCUT2D eigenvalue weighted by Gasteiger charge is 2.47. The summed E-state index contributed by atoms with van der Waals surface area (Å²) in [6.07, 6.45) is 12.0. The molecule has 0 spiro atoms. The number of aromatic amines is 1. The highest BCUT2D eigenvalue weighted by atomic mass is 79.9. The fourth-order valence-corrected chi connectivity index (χ4v) is 4.76. The summed E-state index contributed by atoms with van der Waals surface area (Å²) in [6.45, 7) is 11.9. The summed E-state index contributed by atoms with van der Waals surface area (Å²) >= 11 is 3.48. The maximum Gasteiger partial charge on any atom is 0.411 e. The number of imidazole rings is 1. The Morgan fingerprint density at radius 3 is 2.62 bits per heavy atom. The molecule has 1 amide bonds. The monoisotopic (exact) mass is 461 g/mol. The summed E-state index contributed by atoms with van der Waals surface area (Å²) < 4.78 is 5.73. The van der Waals surface area contributed by atoms with Crippen LogP contribution in [0.25, 0.3) is 5.57 Å². The third-order valence-corrected chi connectivity index (χ3v) is 6.38. The van der Waals surface area contributed by atoms with E-state index in [1.54, 1.807) is 0 Å². The molecule has 3 aliphatic rings. The van der Waals surface area contributed by atoms with Crippen LogP contribution in [0.15, 0.2) is 36.6 Å². The first-order valence-electron chi connectivity index (χ1n) is 10.4. The lowest BCUT2D eigenvalue weighted by Crippen LogP contribution is -2.54. The summed E-state index contributed by atoms with van der Waals surface area (Å²) in [7, 11) is 0. The first-order valence-corrected chi connectivity index (χ1v) is 11.5. The van der Waals surface area contributed by atoms with Crippen molar-refractivity contribution in [1.82, 2.24) is 14.9 Å². The average molecular weight is 462 g/mol. The van der Waals surface area contributed by atoms with Crippen molar-refractivity contribution in [2.45, 2.75) is 71.1 Å². The van der Waals surface area contributed by atoms with E-state index < -0.39 is 5.60 Å². The number of carbonyl (C=O) groups excluding carboxylic acids is 1. The van der Waals surface area contributed by atoms with Crippen molar-refractivity contribution in [3.8, 4) is 0 Å². The van der Waals surface area contributed by atoms with Crippen LogP contribution in [0.5, 0.6) is 0 Å². The zero-order chi connectivity index (χ0) is 21.2. The number of aromatic nitrogens is 2. The third-order valence-electron chi connectivity index (χ3n) is 5.73. The van der Waals surface area contributed by atoms with Crippen molar-refractivity contribution in [2.75, 3.05) is 5.33 Å². The van der Waals surface area contributed by atoms with Gasteiger partial charge in [-0.2, -0.15) is 0 Å². The van der Waals surface area contributed by atoms with E-state index in [2.05, 4.69) is 38.6 Å². The van der Waals surface area contributed by atoms with Gasteiger partial charge in [-0.1, -0.05) is 40.7 Å². The Kier molecular flexibility index (Phi) is 6.72. The number of rotatable bonds is 5. The maximum atomic E-state index is 13.0. The van der Waals surface area contributed by atoms with Crippen molar-refractivity contribution in [1.29, 1.82) is 0 Å². The first-order chi connectivity index (χ1) is 13.7. The van der Waals surface area contributed by atoms with Gasteiger partial charge in [0.05, 0.1) is 17.9 Å². The number of ether oxygens (including phenoxy) is 1. The largest absolute Gasteiger partial charge is 0.444 e. The minimum atomic E-state index is -0.508. The number of amides is 1. The molecule has 1 saturated carbocycles.